The zero-order valence-electron chi connectivity index (χ0n) is 15.9. The highest BCUT2D eigenvalue weighted by Crippen LogP contribution is 2.28. The van der Waals surface area contributed by atoms with Gasteiger partial charge >= 0.3 is 5.97 Å². The summed E-state index contributed by atoms with van der Waals surface area (Å²) in [5.41, 5.74) is 1.15. The molecule has 0 amide bonds. The van der Waals surface area contributed by atoms with Crippen LogP contribution in [0.3, 0.4) is 0 Å². The molecule has 0 N–H and O–H groups in total. The Labute approximate surface area is 165 Å². The van der Waals surface area contributed by atoms with Crippen LogP contribution in [0, 0.1) is 23.1 Å². The first kappa shape index (κ1) is 19.8. The molecule has 0 unspecified atom stereocenters. The third kappa shape index (κ3) is 5.53. The van der Waals surface area contributed by atoms with E-state index in [1.54, 1.807) is 48.5 Å². The summed E-state index contributed by atoms with van der Waals surface area (Å²) in [6, 6.07) is 15.2. The molecule has 0 aromatic heterocycles. The van der Waals surface area contributed by atoms with Crippen LogP contribution in [0.5, 0.6) is 5.75 Å². The van der Waals surface area contributed by atoms with E-state index in [1.807, 2.05) is 6.07 Å². The predicted molar refractivity (Wildman–Crippen MR) is 108 cm³/mol. The maximum Gasteiger partial charge on any atom is 0.311 e. The summed E-state index contributed by atoms with van der Waals surface area (Å²) in [6.07, 6.45) is 9.14. The second-order valence-electron chi connectivity index (χ2n) is 7.24. The van der Waals surface area contributed by atoms with Gasteiger partial charge in [-0.1, -0.05) is 62.4 Å². The molecule has 3 nitrogen and oxygen atoms in total. The highest BCUT2D eigenvalue weighted by atomic mass is 19.1. The molecule has 1 fully saturated rings. The van der Waals surface area contributed by atoms with E-state index in [4.69, 9.17) is 4.74 Å². The summed E-state index contributed by atoms with van der Waals surface area (Å²) < 4.78 is 19.4. The second-order valence-corrected chi connectivity index (χ2v) is 7.24. The Kier molecular flexibility index (Phi) is 6.97. The van der Waals surface area contributed by atoms with E-state index in [9.17, 15) is 14.4 Å². The Morgan fingerprint density at radius 1 is 1.14 bits per heavy atom. The van der Waals surface area contributed by atoms with E-state index in [1.165, 1.54) is 38.2 Å². The lowest BCUT2D eigenvalue weighted by molar-refractivity contribution is -0.134. The average Bonchev–Trinajstić information content (AvgIpc) is 2.72. The minimum Gasteiger partial charge on any atom is -0.427 e. The molecule has 1 saturated carbocycles. The normalized spacial score (nSPS) is 15.1. The van der Waals surface area contributed by atoms with E-state index >= 15 is 0 Å². The third-order valence-electron chi connectivity index (χ3n) is 5.17. The molecular weight excluding hydrogens is 353 g/mol. The molecular formula is C24H24FNO2. The molecule has 0 aliphatic heterocycles. The summed E-state index contributed by atoms with van der Waals surface area (Å²) >= 11 is 0. The zero-order valence-corrected chi connectivity index (χ0v) is 15.9. The van der Waals surface area contributed by atoms with Crippen LogP contribution in [0.4, 0.5) is 4.39 Å². The molecule has 0 spiro atoms. The highest BCUT2D eigenvalue weighted by Gasteiger charge is 2.16. The molecule has 0 saturated heterocycles. The minimum atomic E-state index is -0.444. The van der Waals surface area contributed by atoms with E-state index in [-0.39, 0.29) is 17.1 Å². The van der Waals surface area contributed by atoms with E-state index in [2.05, 4.69) is 0 Å². The van der Waals surface area contributed by atoms with Crippen molar-refractivity contribution in [2.24, 2.45) is 5.92 Å². The van der Waals surface area contributed by atoms with Crippen LogP contribution >= 0.6 is 0 Å². The molecule has 0 heterocycles. The van der Waals surface area contributed by atoms with Crippen molar-refractivity contribution in [3.63, 3.8) is 0 Å². The van der Waals surface area contributed by atoms with Gasteiger partial charge in [0.05, 0.1) is 11.6 Å². The molecule has 2 aromatic rings. The van der Waals surface area contributed by atoms with Gasteiger partial charge in [0, 0.05) is 12.0 Å². The standard InChI is InChI=1S/C24H24FNO2/c25-23-12-5-4-11-22(23)20(17-26)15-19-9-6-10-21(16-19)28-24(27)14-13-18-7-2-1-3-8-18/h4-6,9-12,15-16,18H,1-3,7-8,13-14H2/b20-15-. The third-order valence-corrected chi connectivity index (χ3v) is 5.17. The quantitative estimate of drug-likeness (QED) is 0.262. The smallest absolute Gasteiger partial charge is 0.311 e. The van der Waals surface area contributed by atoms with Crippen molar-refractivity contribution in [1.29, 1.82) is 5.26 Å². The topological polar surface area (TPSA) is 50.1 Å². The maximum absolute atomic E-state index is 14.0. The lowest BCUT2D eigenvalue weighted by atomic mass is 9.86. The largest absolute Gasteiger partial charge is 0.427 e. The number of halogens is 1. The van der Waals surface area contributed by atoms with Gasteiger partial charge in [-0.05, 0) is 42.2 Å². The first-order valence-corrected chi connectivity index (χ1v) is 9.83. The Morgan fingerprint density at radius 3 is 2.68 bits per heavy atom. The monoisotopic (exact) mass is 377 g/mol. The number of allylic oxidation sites excluding steroid dienone is 1. The van der Waals surface area contributed by atoms with Crippen LogP contribution in [0.25, 0.3) is 11.6 Å². The molecule has 3 rings (SSSR count). The van der Waals surface area contributed by atoms with E-state index in [0.717, 1.165) is 6.42 Å². The van der Waals surface area contributed by atoms with Crippen molar-refractivity contribution in [2.75, 3.05) is 0 Å². The molecule has 1 aliphatic rings. The van der Waals surface area contributed by atoms with Gasteiger partial charge in [0.1, 0.15) is 11.6 Å². The number of ether oxygens (including phenoxy) is 1. The molecule has 1 aliphatic carbocycles. The van der Waals surface area contributed by atoms with Gasteiger partial charge in [0.15, 0.2) is 0 Å². The number of hydrogen-bond donors (Lipinski definition) is 0. The summed E-state index contributed by atoms with van der Waals surface area (Å²) in [7, 11) is 0. The van der Waals surface area contributed by atoms with Gasteiger partial charge in [-0.3, -0.25) is 4.79 Å². The van der Waals surface area contributed by atoms with Crippen molar-refractivity contribution in [1.82, 2.24) is 0 Å². The molecule has 4 heteroatoms. The fourth-order valence-corrected chi connectivity index (χ4v) is 3.66. The van der Waals surface area contributed by atoms with E-state index in [0.29, 0.717) is 23.7 Å². The molecule has 0 atom stereocenters. The van der Waals surface area contributed by atoms with Crippen molar-refractivity contribution in [3.05, 3.63) is 65.5 Å². The van der Waals surface area contributed by atoms with E-state index < -0.39 is 5.82 Å². The number of carbonyl (C=O) groups is 1. The molecule has 28 heavy (non-hydrogen) atoms. The van der Waals surface area contributed by atoms with Crippen LogP contribution in [0.2, 0.25) is 0 Å². The number of nitrogens with zero attached hydrogens (tertiary/aromatic N) is 1. The summed E-state index contributed by atoms with van der Waals surface area (Å²) in [5.74, 6) is 0.393. The average molecular weight is 377 g/mol. The van der Waals surface area contributed by atoms with Crippen LogP contribution in [0.15, 0.2) is 48.5 Å². The number of benzene rings is 2. The predicted octanol–water partition coefficient (Wildman–Crippen LogP) is 6.16. The summed E-state index contributed by atoms with van der Waals surface area (Å²) in [6.45, 7) is 0. The van der Waals surface area contributed by atoms with Crippen LogP contribution in [-0.2, 0) is 4.79 Å². The number of nitriles is 1. The number of esters is 1. The Bertz CT molecular complexity index is 891. The first-order chi connectivity index (χ1) is 13.7. The van der Waals surface area contributed by atoms with Crippen LogP contribution in [0.1, 0.15) is 56.1 Å². The second kappa shape index (κ2) is 9.85. The van der Waals surface area contributed by atoms with Gasteiger partial charge in [-0.25, -0.2) is 4.39 Å². The van der Waals surface area contributed by atoms with Gasteiger partial charge in [0.25, 0.3) is 0 Å². The summed E-state index contributed by atoms with van der Waals surface area (Å²) in [4.78, 5) is 12.2. The van der Waals surface area contributed by atoms with Gasteiger partial charge < -0.3 is 4.74 Å². The Balaban J connectivity index is 1.65. The fraction of sp³-hybridized carbons (Fsp3) is 0.333. The minimum absolute atomic E-state index is 0.221. The zero-order chi connectivity index (χ0) is 19.8. The van der Waals surface area contributed by atoms with Crippen molar-refractivity contribution < 1.29 is 13.9 Å². The van der Waals surface area contributed by atoms with Crippen LogP contribution in [-0.4, -0.2) is 5.97 Å². The van der Waals surface area contributed by atoms with Crippen molar-refractivity contribution in [3.8, 4) is 11.8 Å². The number of hydrogen-bond acceptors (Lipinski definition) is 3. The molecule has 144 valence electrons. The van der Waals surface area contributed by atoms with Crippen LogP contribution < -0.4 is 4.74 Å². The van der Waals surface area contributed by atoms with Crippen molar-refractivity contribution in [2.45, 2.75) is 44.9 Å². The molecule has 2 aromatic carbocycles. The van der Waals surface area contributed by atoms with Gasteiger partial charge in [-0.15, -0.1) is 0 Å². The van der Waals surface area contributed by atoms with Gasteiger partial charge in [0.2, 0.25) is 0 Å². The fourth-order valence-electron chi connectivity index (χ4n) is 3.66. The van der Waals surface area contributed by atoms with Gasteiger partial charge in [-0.2, -0.15) is 5.26 Å². The molecule has 0 bridgehead atoms. The lowest BCUT2D eigenvalue weighted by Gasteiger charge is -2.20. The Morgan fingerprint density at radius 2 is 1.93 bits per heavy atom. The Hall–Kier alpha value is -2.93. The summed E-state index contributed by atoms with van der Waals surface area (Å²) in [5, 5.41) is 9.40. The van der Waals surface area contributed by atoms with Crippen molar-refractivity contribution >= 4 is 17.6 Å². The first-order valence-electron chi connectivity index (χ1n) is 9.83. The number of carbonyl (C=O) groups excluding carboxylic acids is 1. The molecule has 0 radical (unpaired) electrons. The highest BCUT2D eigenvalue weighted by molar-refractivity contribution is 5.90. The lowest BCUT2D eigenvalue weighted by Crippen LogP contribution is -2.12. The number of rotatable bonds is 6. The SMILES string of the molecule is N#C/C(=C/c1cccc(OC(=O)CCC2CCCCC2)c1)c1ccccc1F. The maximum atomic E-state index is 14.0.